The second-order valence-electron chi connectivity index (χ2n) is 5.49. The first-order valence-corrected chi connectivity index (χ1v) is 7.91. The molecule has 1 aliphatic carbocycles. The van der Waals surface area contributed by atoms with Crippen molar-refractivity contribution < 1.29 is 9.53 Å². The lowest BCUT2D eigenvalue weighted by molar-refractivity contribution is -0.138. The molecule has 2 N–H and O–H groups in total. The van der Waals surface area contributed by atoms with Crippen molar-refractivity contribution in [3.63, 3.8) is 0 Å². The van der Waals surface area contributed by atoms with Gasteiger partial charge in [-0.05, 0) is 25.0 Å². The molecule has 1 fully saturated rings. The van der Waals surface area contributed by atoms with Gasteiger partial charge in [0.25, 0.3) is 0 Å². The van der Waals surface area contributed by atoms with Crippen molar-refractivity contribution in [3.05, 3.63) is 27.7 Å². The number of rotatable bonds is 2. The van der Waals surface area contributed by atoms with Gasteiger partial charge >= 0.3 is 0 Å². The number of nitrogens with zero attached hydrogens (tertiary/aromatic N) is 1. The highest BCUT2D eigenvalue weighted by Gasteiger charge is 2.31. The Kier molecular flexibility index (Phi) is 3.98. The van der Waals surface area contributed by atoms with Crippen LogP contribution in [0.5, 0.6) is 5.75 Å². The first-order valence-electron chi connectivity index (χ1n) is 7.12. The highest BCUT2D eigenvalue weighted by molar-refractivity contribution is 9.10. The second kappa shape index (κ2) is 5.74. The van der Waals surface area contributed by atoms with Crippen LogP contribution in [0.25, 0.3) is 0 Å². The maximum absolute atomic E-state index is 12.4. The molecule has 0 radical (unpaired) electrons. The first-order chi connectivity index (χ1) is 9.69. The number of ether oxygens (including phenoxy) is 1. The number of amides is 1. The molecule has 1 aromatic carbocycles. The Bertz CT molecular complexity index is 529. The molecule has 0 saturated heterocycles. The fourth-order valence-corrected chi connectivity index (χ4v) is 3.36. The van der Waals surface area contributed by atoms with Crippen LogP contribution < -0.4 is 10.5 Å². The van der Waals surface area contributed by atoms with Gasteiger partial charge in [-0.25, -0.2) is 0 Å². The van der Waals surface area contributed by atoms with Crippen molar-refractivity contribution in [1.82, 2.24) is 4.90 Å². The summed E-state index contributed by atoms with van der Waals surface area (Å²) in [7, 11) is 0. The lowest BCUT2D eigenvalue weighted by Crippen LogP contribution is -2.39. The Morgan fingerprint density at radius 3 is 2.90 bits per heavy atom. The maximum atomic E-state index is 12.4. The minimum Gasteiger partial charge on any atom is -0.491 e. The number of benzene rings is 1. The molecule has 0 unspecified atom stereocenters. The van der Waals surface area contributed by atoms with Crippen molar-refractivity contribution in [1.29, 1.82) is 0 Å². The fraction of sp³-hybridized carbons (Fsp3) is 0.533. The van der Waals surface area contributed by atoms with E-state index in [0.29, 0.717) is 26.2 Å². The number of carbonyl (C=O) groups excluding carboxylic acids is 1. The van der Waals surface area contributed by atoms with Crippen molar-refractivity contribution in [2.24, 2.45) is 11.7 Å². The van der Waals surface area contributed by atoms with E-state index in [1.807, 2.05) is 17.0 Å². The highest BCUT2D eigenvalue weighted by Crippen LogP contribution is 2.33. The van der Waals surface area contributed by atoms with E-state index in [2.05, 4.69) is 15.9 Å². The average molecular weight is 339 g/mol. The van der Waals surface area contributed by atoms with Crippen LogP contribution in [0.4, 0.5) is 0 Å². The van der Waals surface area contributed by atoms with Crippen molar-refractivity contribution in [3.8, 4) is 5.75 Å². The number of hydrogen-bond donors (Lipinski definition) is 1. The third-order valence-electron chi connectivity index (χ3n) is 4.16. The van der Waals surface area contributed by atoms with Crippen LogP contribution in [0.1, 0.15) is 30.4 Å². The van der Waals surface area contributed by atoms with Crippen molar-refractivity contribution in [2.45, 2.75) is 32.4 Å². The summed E-state index contributed by atoms with van der Waals surface area (Å²) in [5.74, 6) is 1.37. The molecule has 1 aliphatic heterocycles. The molecule has 108 valence electrons. The largest absolute Gasteiger partial charge is 0.491 e. The zero-order valence-electron chi connectivity index (χ0n) is 11.4. The summed E-state index contributed by atoms with van der Waals surface area (Å²) in [5.41, 5.74) is 7.82. The minimum atomic E-state index is 0.234. The van der Waals surface area contributed by atoms with Crippen LogP contribution in [0.2, 0.25) is 0 Å². The summed E-state index contributed by atoms with van der Waals surface area (Å²) in [6.07, 6.45) is 3.26. The zero-order chi connectivity index (χ0) is 14.1. The molecular formula is C15H19BrN2O2. The molecule has 4 nitrogen and oxygen atoms in total. The quantitative estimate of drug-likeness (QED) is 0.900. The van der Waals surface area contributed by atoms with Gasteiger partial charge < -0.3 is 15.4 Å². The Labute approximate surface area is 127 Å². The normalized spacial score (nSPS) is 18.8. The predicted octanol–water partition coefficient (Wildman–Crippen LogP) is 2.43. The third-order valence-corrected chi connectivity index (χ3v) is 4.62. The molecule has 1 saturated carbocycles. The highest BCUT2D eigenvalue weighted by atomic mass is 79.9. The van der Waals surface area contributed by atoms with E-state index in [1.54, 1.807) is 0 Å². The van der Waals surface area contributed by atoms with Crippen molar-refractivity contribution >= 4 is 21.8 Å². The van der Waals surface area contributed by atoms with Gasteiger partial charge in [0.2, 0.25) is 5.91 Å². The maximum Gasteiger partial charge on any atom is 0.226 e. The van der Waals surface area contributed by atoms with E-state index in [0.717, 1.165) is 34.2 Å². The van der Waals surface area contributed by atoms with Gasteiger partial charge in [-0.15, -0.1) is 0 Å². The van der Waals surface area contributed by atoms with Gasteiger partial charge in [0.05, 0.1) is 6.54 Å². The molecule has 1 heterocycles. The Morgan fingerprint density at radius 2 is 2.25 bits per heavy atom. The summed E-state index contributed by atoms with van der Waals surface area (Å²) >= 11 is 3.50. The first kappa shape index (κ1) is 13.9. The Hall–Kier alpha value is -1.07. The number of fused-ring (bicyclic) bond motifs is 1. The van der Waals surface area contributed by atoms with Gasteiger partial charge in [0.1, 0.15) is 12.4 Å². The van der Waals surface area contributed by atoms with E-state index in [4.69, 9.17) is 10.5 Å². The van der Waals surface area contributed by atoms with Crippen LogP contribution in [0, 0.1) is 5.92 Å². The molecular weight excluding hydrogens is 320 g/mol. The SMILES string of the molecule is NCc1cc(Br)cc2c1OCCN(C(=O)C1CCC1)C2. The van der Waals surface area contributed by atoms with Crippen molar-refractivity contribution in [2.75, 3.05) is 13.2 Å². The van der Waals surface area contributed by atoms with E-state index in [-0.39, 0.29) is 11.8 Å². The molecule has 0 aromatic heterocycles. The van der Waals surface area contributed by atoms with Gasteiger partial charge in [0.15, 0.2) is 0 Å². The summed E-state index contributed by atoms with van der Waals surface area (Å²) in [6.45, 7) is 2.27. The average Bonchev–Trinajstić information content (AvgIpc) is 2.57. The number of nitrogens with two attached hydrogens (primary N) is 1. The topological polar surface area (TPSA) is 55.6 Å². The zero-order valence-corrected chi connectivity index (χ0v) is 13.0. The Balaban J connectivity index is 1.87. The molecule has 2 aliphatic rings. The standard InChI is InChI=1S/C15H19BrN2O2/c16-13-6-11(8-17)14-12(7-13)9-18(4-5-20-14)15(19)10-2-1-3-10/h6-7,10H,1-5,8-9,17H2. The van der Waals surface area contributed by atoms with Gasteiger partial charge in [-0.3, -0.25) is 4.79 Å². The molecule has 0 spiro atoms. The van der Waals surface area contributed by atoms with Crippen LogP contribution in [-0.2, 0) is 17.9 Å². The van der Waals surface area contributed by atoms with E-state index in [1.165, 1.54) is 6.42 Å². The molecule has 1 aromatic rings. The summed E-state index contributed by atoms with van der Waals surface area (Å²) in [4.78, 5) is 14.3. The molecule has 1 amide bonds. The molecule has 3 rings (SSSR count). The summed E-state index contributed by atoms with van der Waals surface area (Å²) < 4.78 is 6.83. The van der Waals surface area contributed by atoms with Crippen LogP contribution in [0.3, 0.4) is 0 Å². The van der Waals surface area contributed by atoms with Gasteiger partial charge in [-0.1, -0.05) is 22.4 Å². The van der Waals surface area contributed by atoms with Crippen LogP contribution in [-0.4, -0.2) is 24.0 Å². The smallest absolute Gasteiger partial charge is 0.226 e. The number of halogens is 1. The van der Waals surface area contributed by atoms with Crippen LogP contribution in [0.15, 0.2) is 16.6 Å². The molecule has 5 heteroatoms. The number of hydrogen-bond acceptors (Lipinski definition) is 3. The van der Waals surface area contributed by atoms with Gasteiger partial charge in [0, 0.05) is 34.6 Å². The lowest BCUT2D eigenvalue weighted by atomic mass is 9.84. The molecule has 20 heavy (non-hydrogen) atoms. The van der Waals surface area contributed by atoms with Crippen LogP contribution >= 0.6 is 15.9 Å². The number of carbonyl (C=O) groups is 1. The Morgan fingerprint density at radius 1 is 1.45 bits per heavy atom. The fourth-order valence-electron chi connectivity index (χ4n) is 2.81. The summed E-state index contributed by atoms with van der Waals surface area (Å²) in [6, 6.07) is 4.02. The molecule has 0 bridgehead atoms. The van der Waals surface area contributed by atoms with E-state index in [9.17, 15) is 4.79 Å². The minimum absolute atomic E-state index is 0.234. The van der Waals surface area contributed by atoms with Gasteiger partial charge in [-0.2, -0.15) is 0 Å². The van der Waals surface area contributed by atoms with E-state index < -0.39 is 0 Å². The summed E-state index contributed by atoms with van der Waals surface area (Å²) in [5, 5.41) is 0. The van der Waals surface area contributed by atoms with E-state index >= 15 is 0 Å². The third kappa shape index (κ3) is 2.56. The monoisotopic (exact) mass is 338 g/mol. The molecule has 0 atom stereocenters. The predicted molar refractivity (Wildman–Crippen MR) is 80.3 cm³/mol. The lowest BCUT2D eigenvalue weighted by Gasteiger charge is -2.30. The second-order valence-corrected chi connectivity index (χ2v) is 6.41.